The van der Waals surface area contributed by atoms with Crippen molar-refractivity contribution < 1.29 is 14.3 Å². The summed E-state index contributed by atoms with van der Waals surface area (Å²) in [5.74, 6) is -2.04. The van der Waals surface area contributed by atoms with E-state index in [4.69, 9.17) is 5.11 Å². The average Bonchev–Trinajstić information content (AvgIpc) is 2.70. The molecular weight excluding hydrogens is 251 g/mol. The highest BCUT2D eigenvalue weighted by molar-refractivity contribution is 8.01. The van der Waals surface area contributed by atoms with Gasteiger partial charge in [0.1, 0.15) is 16.9 Å². The third-order valence-corrected chi connectivity index (χ3v) is 3.56. The molecule has 0 radical (unpaired) electrons. The second-order valence-corrected chi connectivity index (χ2v) is 4.85. The zero-order chi connectivity index (χ0) is 11.5. The normalized spacial score (nSPS) is 10.3. The molecule has 4 nitrogen and oxygen atoms in total. The van der Waals surface area contributed by atoms with Gasteiger partial charge in [0, 0.05) is 4.90 Å². The van der Waals surface area contributed by atoms with Gasteiger partial charge >= 0.3 is 5.97 Å². The van der Waals surface area contributed by atoms with E-state index >= 15 is 0 Å². The van der Waals surface area contributed by atoms with Crippen LogP contribution in [0.5, 0.6) is 0 Å². The number of carbonyl (C=O) groups is 1. The number of benzene rings is 1. The summed E-state index contributed by atoms with van der Waals surface area (Å²) < 4.78 is 13.9. The highest BCUT2D eigenvalue weighted by Crippen LogP contribution is 2.32. The summed E-state index contributed by atoms with van der Waals surface area (Å²) in [6.07, 6.45) is 0. The molecule has 1 aromatic carbocycles. The van der Waals surface area contributed by atoms with E-state index in [1.165, 1.54) is 22.9 Å². The third kappa shape index (κ3) is 2.20. The highest BCUT2D eigenvalue weighted by Gasteiger charge is 2.17. The van der Waals surface area contributed by atoms with Gasteiger partial charge < -0.3 is 5.11 Å². The Balaban J connectivity index is 2.40. The van der Waals surface area contributed by atoms with E-state index in [2.05, 4.69) is 10.2 Å². The minimum atomic E-state index is -1.29. The van der Waals surface area contributed by atoms with Crippen molar-refractivity contribution in [3.8, 4) is 0 Å². The SMILES string of the molecule is O=C(O)c1c(F)cccc1Sc1nncs1. The van der Waals surface area contributed by atoms with Crippen molar-refractivity contribution in [2.24, 2.45) is 0 Å². The number of hydrogen-bond acceptors (Lipinski definition) is 5. The van der Waals surface area contributed by atoms with Crippen LogP contribution in [0, 0.1) is 5.82 Å². The fourth-order valence-corrected chi connectivity index (χ4v) is 2.68. The number of carboxylic acids is 1. The monoisotopic (exact) mass is 256 g/mol. The minimum Gasteiger partial charge on any atom is -0.478 e. The van der Waals surface area contributed by atoms with E-state index in [1.54, 1.807) is 6.07 Å². The molecule has 0 fully saturated rings. The molecule has 2 rings (SSSR count). The van der Waals surface area contributed by atoms with Crippen LogP contribution in [0.4, 0.5) is 4.39 Å². The van der Waals surface area contributed by atoms with Gasteiger partial charge in [0.2, 0.25) is 0 Å². The molecule has 0 bridgehead atoms. The number of aromatic carboxylic acids is 1. The van der Waals surface area contributed by atoms with Crippen LogP contribution < -0.4 is 0 Å². The molecule has 16 heavy (non-hydrogen) atoms. The lowest BCUT2D eigenvalue weighted by Crippen LogP contribution is -2.02. The number of carboxylic acid groups (broad SMARTS) is 1. The van der Waals surface area contributed by atoms with E-state index in [1.807, 2.05) is 0 Å². The first-order chi connectivity index (χ1) is 7.68. The molecule has 0 saturated carbocycles. The zero-order valence-corrected chi connectivity index (χ0v) is 9.39. The lowest BCUT2D eigenvalue weighted by atomic mass is 10.2. The smallest absolute Gasteiger partial charge is 0.339 e. The molecule has 1 heterocycles. The van der Waals surface area contributed by atoms with E-state index in [0.717, 1.165) is 17.8 Å². The molecule has 82 valence electrons. The Morgan fingerprint density at radius 1 is 1.50 bits per heavy atom. The maximum absolute atomic E-state index is 13.3. The quantitative estimate of drug-likeness (QED) is 0.914. The summed E-state index contributed by atoms with van der Waals surface area (Å²) >= 11 is 2.36. The molecule has 1 aromatic heterocycles. The Hall–Kier alpha value is -1.47. The molecule has 0 unspecified atom stereocenters. The first-order valence-electron chi connectivity index (χ1n) is 4.14. The fraction of sp³-hybridized carbons (Fsp3) is 0. The van der Waals surface area contributed by atoms with Crippen molar-refractivity contribution in [2.45, 2.75) is 9.24 Å². The molecule has 0 spiro atoms. The van der Waals surface area contributed by atoms with E-state index in [0.29, 0.717) is 9.24 Å². The van der Waals surface area contributed by atoms with Crippen LogP contribution in [-0.2, 0) is 0 Å². The molecule has 0 atom stereocenters. The number of rotatable bonds is 3. The van der Waals surface area contributed by atoms with Crippen molar-refractivity contribution in [1.29, 1.82) is 0 Å². The van der Waals surface area contributed by atoms with Gasteiger partial charge in [-0.1, -0.05) is 29.2 Å². The number of halogens is 1. The van der Waals surface area contributed by atoms with Gasteiger partial charge in [-0.15, -0.1) is 10.2 Å². The number of aromatic nitrogens is 2. The molecule has 7 heteroatoms. The third-order valence-electron chi connectivity index (χ3n) is 1.73. The second kappa shape index (κ2) is 4.58. The summed E-state index contributed by atoms with van der Waals surface area (Å²) in [4.78, 5) is 11.2. The van der Waals surface area contributed by atoms with Crippen LogP contribution in [0.3, 0.4) is 0 Å². The number of nitrogens with zero attached hydrogens (tertiary/aromatic N) is 2. The Morgan fingerprint density at radius 2 is 2.31 bits per heavy atom. The topological polar surface area (TPSA) is 63.1 Å². The molecule has 0 aliphatic heterocycles. The van der Waals surface area contributed by atoms with Crippen molar-refractivity contribution in [3.63, 3.8) is 0 Å². The fourth-order valence-electron chi connectivity index (χ4n) is 1.10. The van der Waals surface area contributed by atoms with Crippen LogP contribution in [0.1, 0.15) is 10.4 Å². The molecule has 1 N–H and O–H groups in total. The van der Waals surface area contributed by atoms with Gasteiger partial charge in [-0.25, -0.2) is 9.18 Å². The van der Waals surface area contributed by atoms with E-state index in [-0.39, 0.29) is 5.56 Å². The largest absolute Gasteiger partial charge is 0.478 e. The molecule has 2 aromatic rings. The molecule has 0 aliphatic rings. The van der Waals surface area contributed by atoms with Crippen LogP contribution >= 0.6 is 23.1 Å². The van der Waals surface area contributed by atoms with Crippen LogP contribution in [0.2, 0.25) is 0 Å². The van der Waals surface area contributed by atoms with Gasteiger partial charge in [-0.3, -0.25) is 0 Å². The molecule has 0 amide bonds. The van der Waals surface area contributed by atoms with E-state index in [9.17, 15) is 9.18 Å². The lowest BCUT2D eigenvalue weighted by Gasteiger charge is -2.03. The summed E-state index contributed by atoms with van der Waals surface area (Å²) in [5.41, 5.74) is 1.20. The molecule has 0 aliphatic carbocycles. The van der Waals surface area contributed by atoms with Crippen molar-refractivity contribution >= 4 is 29.1 Å². The summed E-state index contributed by atoms with van der Waals surface area (Å²) in [7, 11) is 0. The van der Waals surface area contributed by atoms with Gasteiger partial charge in [-0.05, 0) is 12.1 Å². The first kappa shape index (κ1) is 11.0. The van der Waals surface area contributed by atoms with Crippen LogP contribution in [0.25, 0.3) is 0 Å². The molecular formula is C9H5FN2O2S2. The Labute approximate surface area is 98.1 Å². The lowest BCUT2D eigenvalue weighted by molar-refractivity contribution is 0.0688. The maximum Gasteiger partial charge on any atom is 0.339 e. The predicted octanol–water partition coefficient (Wildman–Crippen LogP) is 2.53. The zero-order valence-electron chi connectivity index (χ0n) is 7.75. The minimum absolute atomic E-state index is 0.323. The van der Waals surface area contributed by atoms with Gasteiger partial charge in [-0.2, -0.15) is 0 Å². The maximum atomic E-state index is 13.3. The van der Waals surface area contributed by atoms with Gasteiger partial charge in [0.05, 0.1) is 0 Å². The first-order valence-corrected chi connectivity index (χ1v) is 5.84. The van der Waals surface area contributed by atoms with Crippen molar-refractivity contribution in [3.05, 3.63) is 35.1 Å². The standard InChI is InChI=1S/C9H5FN2O2S2/c10-5-2-1-3-6(7(5)8(13)14)16-9-12-11-4-15-9/h1-4H,(H,13,14). The Morgan fingerprint density at radius 3 is 2.94 bits per heavy atom. The Kier molecular flexibility index (Phi) is 3.16. The van der Waals surface area contributed by atoms with Crippen molar-refractivity contribution in [2.75, 3.05) is 0 Å². The second-order valence-electron chi connectivity index (χ2n) is 2.72. The average molecular weight is 256 g/mol. The number of hydrogen-bond donors (Lipinski definition) is 1. The van der Waals surface area contributed by atoms with E-state index < -0.39 is 11.8 Å². The summed E-state index contributed by atoms with van der Waals surface area (Å²) in [5, 5.41) is 16.3. The predicted molar refractivity (Wildman–Crippen MR) is 57.4 cm³/mol. The highest BCUT2D eigenvalue weighted by atomic mass is 32.2. The Bertz CT molecular complexity index is 516. The van der Waals surface area contributed by atoms with Crippen molar-refractivity contribution in [1.82, 2.24) is 10.2 Å². The van der Waals surface area contributed by atoms with Crippen LogP contribution in [-0.4, -0.2) is 21.3 Å². The van der Waals surface area contributed by atoms with Gasteiger partial charge in [0.15, 0.2) is 4.34 Å². The summed E-state index contributed by atoms with van der Waals surface area (Å²) in [6, 6.07) is 4.12. The van der Waals surface area contributed by atoms with Crippen LogP contribution in [0.15, 0.2) is 32.9 Å². The summed E-state index contributed by atoms with van der Waals surface area (Å²) in [6.45, 7) is 0. The molecule has 0 saturated heterocycles. The van der Waals surface area contributed by atoms with Gasteiger partial charge in [0.25, 0.3) is 0 Å².